The van der Waals surface area contributed by atoms with Gasteiger partial charge < -0.3 is 19.9 Å². The molecule has 0 fully saturated rings. The molecule has 0 bridgehead atoms. The fraction of sp³-hybridized carbons (Fsp3) is 0.208. The van der Waals surface area contributed by atoms with E-state index >= 15 is 0 Å². The van der Waals surface area contributed by atoms with Gasteiger partial charge in [0.1, 0.15) is 0 Å². The Bertz CT molecular complexity index is 1070. The summed E-state index contributed by atoms with van der Waals surface area (Å²) in [6.45, 7) is 3.00. The molecular formula is C24H26FIrN3O3. The first-order chi connectivity index (χ1) is 14.6. The summed E-state index contributed by atoms with van der Waals surface area (Å²) >= 11 is 0. The van der Waals surface area contributed by atoms with Gasteiger partial charge in [-0.05, 0) is 30.0 Å². The molecule has 3 rings (SSSR count). The Morgan fingerprint density at radius 1 is 1.28 bits per heavy atom. The van der Waals surface area contributed by atoms with Crippen molar-refractivity contribution in [3.8, 4) is 0 Å². The number of benzene rings is 2. The summed E-state index contributed by atoms with van der Waals surface area (Å²) < 4.78 is 14.0. The SMILES string of the molecule is CC(=[OH+])/C=C(/C)O.CN(C)c1cc(C2=N/C=C\C(=O)N(C)c3ccccc32)[c-]cc1F.[Ir]. The van der Waals surface area contributed by atoms with E-state index in [1.807, 2.05) is 24.3 Å². The summed E-state index contributed by atoms with van der Waals surface area (Å²) in [5.41, 5.74) is 3.31. The molecule has 1 aliphatic heterocycles. The topological polar surface area (TPSA) is 77.5 Å². The Hall–Kier alpha value is -3.09. The summed E-state index contributed by atoms with van der Waals surface area (Å²) in [5, 5.41) is 8.40. The zero-order valence-electron chi connectivity index (χ0n) is 18.6. The molecule has 0 aromatic heterocycles. The van der Waals surface area contributed by atoms with Gasteiger partial charge in [-0.25, -0.2) is 0 Å². The van der Waals surface area contributed by atoms with Crippen LogP contribution in [0.4, 0.5) is 15.8 Å². The van der Waals surface area contributed by atoms with E-state index < -0.39 is 0 Å². The minimum absolute atomic E-state index is 0. The van der Waals surface area contributed by atoms with E-state index in [0.29, 0.717) is 17.0 Å². The number of aliphatic imine (C=N–C) groups is 1. The van der Waals surface area contributed by atoms with Crippen molar-refractivity contribution < 1.29 is 39.2 Å². The zero-order chi connectivity index (χ0) is 23.1. The Morgan fingerprint density at radius 3 is 2.50 bits per heavy atom. The number of nitrogens with zero attached hydrogens (tertiary/aromatic N) is 3. The molecule has 32 heavy (non-hydrogen) atoms. The van der Waals surface area contributed by atoms with Gasteiger partial charge in [-0.2, -0.15) is 0 Å². The minimum Gasteiger partial charge on any atom is -0.512 e. The number of likely N-dealkylation sites (N-methyl/N-ethyl adjacent to an activating group) is 1. The molecule has 6 nitrogen and oxygen atoms in total. The number of ketones is 1. The molecule has 1 radical (unpaired) electrons. The molecule has 1 aliphatic rings. The van der Waals surface area contributed by atoms with Crippen LogP contribution in [0, 0.1) is 11.9 Å². The molecule has 0 atom stereocenters. The van der Waals surface area contributed by atoms with Gasteiger partial charge in [0.15, 0.2) is 0 Å². The third-order valence-electron chi connectivity index (χ3n) is 4.31. The third-order valence-corrected chi connectivity index (χ3v) is 4.31. The second-order valence-corrected chi connectivity index (χ2v) is 7.11. The van der Waals surface area contributed by atoms with Crippen molar-refractivity contribution in [3.05, 3.63) is 83.5 Å². The van der Waals surface area contributed by atoms with Crippen molar-refractivity contribution in [2.45, 2.75) is 13.8 Å². The largest absolute Gasteiger partial charge is 0.512 e. The van der Waals surface area contributed by atoms with Crippen LogP contribution < -0.4 is 9.80 Å². The van der Waals surface area contributed by atoms with Crippen molar-refractivity contribution >= 4 is 28.8 Å². The second-order valence-electron chi connectivity index (χ2n) is 7.11. The van der Waals surface area contributed by atoms with Gasteiger partial charge in [-0.3, -0.25) is 14.0 Å². The number of anilines is 2. The zero-order valence-corrected chi connectivity index (χ0v) is 20.9. The average Bonchev–Trinajstić information content (AvgIpc) is 2.69. The normalized spacial score (nSPS) is 13.9. The van der Waals surface area contributed by atoms with E-state index in [9.17, 15) is 9.18 Å². The van der Waals surface area contributed by atoms with Gasteiger partial charge >= 0.3 is 5.78 Å². The van der Waals surface area contributed by atoms with E-state index in [-0.39, 0.29) is 43.4 Å². The first-order valence-electron chi connectivity index (χ1n) is 9.52. The standard InChI is InChI=1S/C19H17FN3O.C5H8O2.Ir/c1-22(2)17-12-13(8-9-15(17)20)19-14-6-4-5-7-16(14)23(3)18(24)10-11-21-19;1-4(6)3-5(2)7;/h4-7,9-12H,1-3H3;3,6H,1-2H3;/q-1;;/p+1/b11-10-,21-19?;4-3-;. The van der Waals surface area contributed by atoms with Crippen LogP contribution in [-0.4, -0.2) is 48.4 Å². The molecular weight excluding hydrogens is 589 g/mol. The summed E-state index contributed by atoms with van der Waals surface area (Å²) in [6, 6.07) is 13.5. The van der Waals surface area contributed by atoms with Crippen molar-refractivity contribution in [3.63, 3.8) is 0 Å². The number of para-hydroxylation sites is 1. The smallest absolute Gasteiger partial charge is 0.316 e. The number of aliphatic hydroxyl groups excluding tert-OH is 1. The van der Waals surface area contributed by atoms with Crippen LogP contribution in [-0.2, 0) is 24.9 Å². The maximum Gasteiger partial charge on any atom is 0.316 e. The van der Waals surface area contributed by atoms with Gasteiger partial charge in [0.2, 0.25) is 0 Å². The molecule has 0 saturated heterocycles. The Morgan fingerprint density at radius 2 is 1.94 bits per heavy atom. The first-order valence-corrected chi connectivity index (χ1v) is 9.52. The molecule has 1 amide bonds. The van der Waals surface area contributed by atoms with Gasteiger partial charge in [-0.1, -0.05) is 18.2 Å². The maximum absolute atomic E-state index is 14.0. The van der Waals surface area contributed by atoms with E-state index in [1.165, 1.54) is 38.3 Å². The second kappa shape index (κ2) is 12.1. The summed E-state index contributed by atoms with van der Waals surface area (Å²) in [6.07, 6.45) is 4.16. The molecule has 171 valence electrons. The molecule has 0 aliphatic carbocycles. The summed E-state index contributed by atoms with van der Waals surface area (Å²) in [4.78, 5) is 28.2. The van der Waals surface area contributed by atoms with E-state index in [2.05, 4.69) is 11.1 Å². The predicted molar refractivity (Wildman–Crippen MR) is 123 cm³/mol. The van der Waals surface area contributed by atoms with Gasteiger partial charge in [0.25, 0.3) is 5.91 Å². The Labute approximate surface area is 201 Å². The quantitative estimate of drug-likeness (QED) is 0.245. The molecule has 2 N–H and O–H groups in total. The maximum atomic E-state index is 14.0. The third kappa shape index (κ3) is 6.97. The number of allylic oxidation sites excluding steroid dienone is 2. The fourth-order valence-corrected chi connectivity index (χ4v) is 2.90. The molecule has 0 spiro atoms. The summed E-state index contributed by atoms with van der Waals surface area (Å²) in [7, 11) is 5.28. The van der Waals surface area contributed by atoms with Crippen LogP contribution in [0.5, 0.6) is 0 Å². The van der Waals surface area contributed by atoms with E-state index in [1.54, 1.807) is 37.0 Å². The molecule has 2 aromatic carbocycles. The number of fused-ring (bicyclic) bond motifs is 1. The van der Waals surface area contributed by atoms with E-state index in [4.69, 9.17) is 9.90 Å². The van der Waals surface area contributed by atoms with Crippen LogP contribution >= 0.6 is 0 Å². The first kappa shape index (κ1) is 26.9. The van der Waals surface area contributed by atoms with Crippen molar-refractivity contribution in [2.24, 2.45) is 4.99 Å². The van der Waals surface area contributed by atoms with Crippen molar-refractivity contribution in [1.29, 1.82) is 0 Å². The number of carbonyl (C=O) groups is 1. The molecule has 8 heteroatoms. The average molecular weight is 616 g/mol. The van der Waals surface area contributed by atoms with Crippen LogP contribution in [0.15, 0.2) is 65.5 Å². The van der Waals surface area contributed by atoms with Crippen molar-refractivity contribution in [1.82, 2.24) is 0 Å². The van der Waals surface area contributed by atoms with Crippen molar-refractivity contribution in [2.75, 3.05) is 30.9 Å². The number of rotatable bonds is 3. The number of halogens is 1. The molecule has 2 aromatic rings. The van der Waals surface area contributed by atoms with Gasteiger partial charge in [-0.15, -0.1) is 23.8 Å². The number of carbonyl (C=O) groups excluding carboxylic acids is 2. The Balaban J connectivity index is 0.000000558. The molecule has 1 heterocycles. The molecule has 0 saturated carbocycles. The van der Waals surface area contributed by atoms with Crippen LogP contribution in [0.3, 0.4) is 0 Å². The number of aliphatic hydroxyl groups is 1. The molecule has 0 unspecified atom stereocenters. The van der Waals surface area contributed by atoms with E-state index in [0.717, 1.165) is 11.3 Å². The predicted octanol–water partition coefficient (Wildman–Crippen LogP) is 4.03. The minimum atomic E-state index is -0.341. The van der Waals surface area contributed by atoms with Crippen LogP contribution in [0.1, 0.15) is 25.0 Å². The van der Waals surface area contributed by atoms with Crippen LogP contribution in [0.25, 0.3) is 0 Å². The summed E-state index contributed by atoms with van der Waals surface area (Å²) in [5.74, 6) is -0.242. The fourth-order valence-electron chi connectivity index (χ4n) is 2.90. The number of hydrogen-bond donors (Lipinski definition) is 1. The van der Waals surface area contributed by atoms with Gasteiger partial charge in [0, 0.05) is 59.2 Å². The number of amides is 1. The van der Waals surface area contributed by atoms with Gasteiger partial charge in [0.05, 0.1) is 24.6 Å². The number of hydrogen-bond acceptors (Lipinski definition) is 4. The monoisotopic (exact) mass is 616 g/mol. The Kier molecular flexibility index (Phi) is 10.2. The van der Waals surface area contributed by atoms with Crippen LogP contribution in [0.2, 0.25) is 0 Å².